The van der Waals surface area contributed by atoms with Gasteiger partial charge in [0.15, 0.2) is 0 Å². The van der Waals surface area contributed by atoms with Gasteiger partial charge in [-0.1, -0.05) is 36.4 Å². The van der Waals surface area contributed by atoms with Crippen molar-refractivity contribution < 1.29 is 4.79 Å². The van der Waals surface area contributed by atoms with E-state index in [9.17, 15) is 4.79 Å². The molecule has 100 valence electrons. The zero-order valence-corrected chi connectivity index (χ0v) is 11.6. The number of carbonyl (C=O) groups is 1. The third-order valence-electron chi connectivity index (χ3n) is 2.78. The first-order chi connectivity index (χ1) is 9.34. The van der Waals surface area contributed by atoms with E-state index in [1.165, 1.54) is 10.4 Å². The fourth-order valence-corrected chi connectivity index (χ4v) is 2.49. The zero-order valence-electron chi connectivity index (χ0n) is 10.8. The van der Waals surface area contributed by atoms with E-state index >= 15 is 0 Å². The van der Waals surface area contributed by atoms with Gasteiger partial charge in [-0.3, -0.25) is 0 Å². The number of benzene rings is 1. The maximum absolute atomic E-state index is 11.5. The molecule has 0 spiro atoms. The topological polar surface area (TPSA) is 41.1 Å². The minimum absolute atomic E-state index is 0.0903. The van der Waals surface area contributed by atoms with Crippen molar-refractivity contribution in [2.24, 2.45) is 0 Å². The van der Waals surface area contributed by atoms with Gasteiger partial charge in [0, 0.05) is 18.0 Å². The minimum Gasteiger partial charge on any atom is -0.338 e. The molecule has 1 aromatic carbocycles. The summed E-state index contributed by atoms with van der Waals surface area (Å²) >= 11 is 1.72. The first-order valence-electron chi connectivity index (χ1n) is 6.42. The summed E-state index contributed by atoms with van der Waals surface area (Å²) < 4.78 is 0. The van der Waals surface area contributed by atoms with Gasteiger partial charge in [0.2, 0.25) is 0 Å². The summed E-state index contributed by atoms with van der Waals surface area (Å²) in [5.74, 6) is 0. The predicted molar refractivity (Wildman–Crippen MR) is 79.6 cm³/mol. The van der Waals surface area contributed by atoms with Crippen molar-refractivity contribution in [1.82, 2.24) is 10.6 Å². The van der Waals surface area contributed by atoms with E-state index in [1.54, 1.807) is 11.3 Å². The molecule has 2 N–H and O–H groups in total. The highest BCUT2D eigenvalue weighted by Gasteiger charge is 2.00. The monoisotopic (exact) mass is 274 g/mol. The van der Waals surface area contributed by atoms with Crippen LogP contribution in [-0.2, 0) is 12.8 Å². The Balaban J connectivity index is 1.57. The van der Waals surface area contributed by atoms with Crippen molar-refractivity contribution >= 4 is 17.4 Å². The molecule has 2 rings (SSSR count). The molecule has 0 aliphatic carbocycles. The summed E-state index contributed by atoms with van der Waals surface area (Å²) in [4.78, 5) is 12.8. The molecule has 19 heavy (non-hydrogen) atoms. The quantitative estimate of drug-likeness (QED) is 0.835. The Hall–Kier alpha value is -1.81. The van der Waals surface area contributed by atoms with Gasteiger partial charge < -0.3 is 10.6 Å². The van der Waals surface area contributed by atoms with E-state index < -0.39 is 0 Å². The zero-order chi connectivity index (χ0) is 13.3. The second-order valence-corrected chi connectivity index (χ2v) is 5.28. The summed E-state index contributed by atoms with van der Waals surface area (Å²) in [5.41, 5.74) is 1.24. The van der Waals surface area contributed by atoms with Crippen LogP contribution in [0, 0.1) is 0 Å². The third kappa shape index (κ3) is 5.14. The van der Waals surface area contributed by atoms with Crippen molar-refractivity contribution in [2.45, 2.75) is 12.8 Å². The lowest BCUT2D eigenvalue weighted by molar-refractivity contribution is 0.241. The molecule has 0 saturated carbocycles. The van der Waals surface area contributed by atoms with Crippen LogP contribution in [0.5, 0.6) is 0 Å². The first-order valence-corrected chi connectivity index (χ1v) is 7.30. The second kappa shape index (κ2) is 7.59. The van der Waals surface area contributed by atoms with E-state index in [1.807, 2.05) is 24.3 Å². The number of hydrogen-bond donors (Lipinski definition) is 2. The van der Waals surface area contributed by atoms with Crippen molar-refractivity contribution in [3.05, 3.63) is 58.3 Å². The Morgan fingerprint density at radius 3 is 2.37 bits per heavy atom. The summed E-state index contributed by atoms with van der Waals surface area (Å²) in [6.45, 7) is 1.34. The lowest BCUT2D eigenvalue weighted by atomic mass is 10.1. The number of nitrogens with one attached hydrogen (secondary N) is 2. The molecule has 0 bridgehead atoms. The molecule has 1 aromatic heterocycles. The van der Waals surface area contributed by atoms with Crippen LogP contribution >= 0.6 is 11.3 Å². The van der Waals surface area contributed by atoms with E-state index in [-0.39, 0.29) is 6.03 Å². The fraction of sp³-hybridized carbons (Fsp3) is 0.267. The van der Waals surface area contributed by atoms with Crippen LogP contribution in [0.2, 0.25) is 0 Å². The fourth-order valence-electron chi connectivity index (χ4n) is 1.78. The van der Waals surface area contributed by atoms with Gasteiger partial charge in [0.25, 0.3) is 0 Å². The Labute approximate surface area is 117 Å². The lowest BCUT2D eigenvalue weighted by Gasteiger charge is -2.07. The van der Waals surface area contributed by atoms with E-state index in [4.69, 9.17) is 0 Å². The molecule has 3 nitrogen and oxygen atoms in total. The largest absolute Gasteiger partial charge is 0.338 e. The van der Waals surface area contributed by atoms with Gasteiger partial charge >= 0.3 is 6.03 Å². The van der Waals surface area contributed by atoms with Crippen molar-refractivity contribution in [3.63, 3.8) is 0 Å². The van der Waals surface area contributed by atoms with Crippen LogP contribution in [0.4, 0.5) is 4.79 Å². The van der Waals surface area contributed by atoms with Crippen molar-refractivity contribution in [3.8, 4) is 0 Å². The highest BCUT2D eigenvalue weighted by atomic mass is 32.1. The van der Waals surface area contributed by atoms with Crippen LogP contribution < -0.4 is 10.6 Å². The molecule has 4 heteroatoms. The average molecular weight is 274 g/mol. The molecule has 0 aliphatic rings. The van der Waals surface area contributed by atoms with Crippen LogP contribution in [0.3, 0.4) is 0 Å². The number of amides is 2. The smallest absolute Gasteiger partial charge is 0.314 e. The van der Waals surface area contributed by atoms with Crippen molar-refractivity contribution in [1.29, 1.82) is 0 Å². The van der Waals surface area contributed by atoms with Gasteiger partial charge in [-0.25, -0.2) is 4.79 Å². The van der Waals surface area contributed by atoms with Crippen LogP contribution in [0.1, 0.15) is 10.4 Å². The van der Waals surface area contributed by atoms with Gasteiger partial charge in [0.1, 0.15) is 0 Å². The molecule has 2 amide bonds. The number of carbonyl (C=O) groups excluding carboxylic acids is 1. The molecule has 0 unspecified atom stereocenters. The summed E-state index contributed by atoms with van der Waals surface area (Å²) in [6, 6.07) is 14.2. The van der Waals surface area contributed by atoms with Gasteiger partial charge in [0.05, 0.1) is 0 Å². The molecular formula is C15H18N2OS. The highest BCUT2D eigenvalue weighted by Crippen LogP contribution is 2.07. The Morgan fingerprint density at radius 1 is 0.947 bits per heavy atom. The van der Waals surface area contributed by atoms with Crippen LogP contribution in [-0.4, -0.2) is 19.1 Å². The highest BCUT2D eigenvalue weighted by molar-refractivity contribution is 7.09. The van der Waals surface area contributed by atoms with Crippen LogP contribution in [0.25, 0.3) is 0 Å². The predicted octanol–water partition coefficient (Wildman–Crippen LogP) is 2.83. The standard InChI is InChI=1S/C15H18N2OS/c18-15(17-11-9-14-7-4-12-19-14)16-10-8-13-5-2-1-3-6-13/h1-7,12H,8-11H2,(H2,16,17,18). The molecule has 0 fully saturated rings. The van der Waals surface area contributed by atoms with Crippen LogP contribution in [0.15, 0.2) is 47.8 Å². The molecule has 0 radical (unpaired) electrons. The Bertz CT molecular complexity index is 482. The van der Waals surface area contributed by atoms with Gasteiger partial charge in [-0.05, 0) is 29.9 Å². The number of rotatable bonds is 6. The summed E-state index contributed by atoms with van der Waals surface area (Å²) in [5, 5.41) is 7.78. The molecule has 0 aliphatic heterocycles. The van der Waals surface area contributed by atoms with E-state index in [2.05, 4.69) is 34.2 Å². The second-order valence-electron chi connectivity index (χ2n) is 4.25. The molecule has 1 heterocycles. The van der Waals surface area contributed by atoms with E-state index in [0.717, 1.165) is 12.8 Å². The SMILES string of the molecule is O=C(NCCc1ccccc1)NCCc1cccs1. The average Bonchev–Trinajstić information content (AvgIpc) is 2.93. The maximum atomic E-state index is 11.5. The number of urea groups is 1. The number of thiophene rings is 1. The summed E-state index contributed by atoms with van der Waals surface area (Å²) in [7, 11) is 0. The Morgan fingerprint density at radius 2 is 1.68 bits per heavy atom. The molecule has 0 atom stereocenters. The first kappa shape index (κ1) is 13.6. The normalized spacial score (nSPS) is 10.1. The number of hydrogen-bond acceptors (Lipinski definition) is 2. The van der Waals surface area contributed by atoms with Gasteiger partial charge in [-0.2, -0.15) is 0 Å². The molecule has 2 aromatic rings. The van der Waals surface area contributed by atoms with Gasteiger partial charge in [-0.15, -0.1) is 11.3 Å². The maximum Gasteiger partial charge on any atom is 0.314 e. The minimum atomic E-state index is -0.0903. The molecule has 0 saturated heterocycles. The van der Waals surface area contributed by atoms with Crippen molar-refractivity contribution in [2.75, 3.05) is 13.1 Å². The Kier molecular flexibility index (Phi) is 5.44. The third-order valence-corrected chi connectivity index (χ3v) is 3.72. The lowest BCUT2D eigenvalue weighted by Crippen LogP contribution is -2.37. The molecular weight excluding hydrogens is 256 g/mol. The van der Waals surface area contributed by atoms with E-state index in [0.29, 0.717) is 13.1 Å². The summed E-state index contributed by atoms with van der Waals surface area (Å²) in [6.07, 6.45) is 1.75.